The van der Waals surface area contributed by atoms with E-state index in [-0.39, 0.29) is 10.8 Å². The minimum absolute atomic E-state index is 0.113. The highest BCUT2D eigenvalue weighted by Gasteiger charge is 2.27. The van der Waals surface area contributed by atoms with Gasteiger partial charge in [-0.05, 0) is 90.0 Å². The minimum Gasteiger partial charge on any atom is -0.287 e. The Bertz CT molecular complexity index is 1150. The molecule has 0 unspecified atom stereocenters. The van der Waals surface area contributed by atoms with Gasteiger partial charge in [0, 0.05) is 0 Å². The number of rotatable bonds is 19. The van der Waals surface area contributed by atoms with Crippen LogP contribution in [0.4, 0.5) is 0 Å². The second kappa shape index (κ2) is 16.6. The maximum atomic E-state index is 13.6. The van der Waals surface area contributed by atoms with E-state index >= 15 is 0 Å². The van der Waals surface area contributed by atoms with Crippen LogP contribution >= 0.6 is 7.82 Å². The molecule has 3 aromatic rings. The van der Waals surface area contributed by atoms with E-state index in [9.17, 15) is 4.57 Å². The Morgan fingerprint density at radius 3 is 1.26 bits per heavy atom. The fraction of sp³-hybridized carbons (Fsp3) is 0.514. The molecule has 0 bridgehead atoms. The van der Waals surface area contributed by atoms with Gasteiger partial charge in [-0.1, -0.05) is 120 Å². The van der Waals surface area contributed by atoms with Crippen molar-refractivity contribution in [2.24, 2.45) is 0 Å². The molecule has 0 amide bonds. The first kappa shape index (κ1) is 34.3. The van der Waals surface area contributed by atoms with Gasteiger partial charge in [-0.2, -0.15) is 0 Å². The first-order chi connectivity index (χ1) is 20.1. The van der Waals surface area contributed by atoms with Crippen LogP contribution in [0.1, 0.15) is 101 Å². The summed E-state index contributed by atoms with van der Waals surface area (Å²) in [5.41, 5.74) is 6.77. The Balaban J connectivity index is 1.60. The molecule has 0 spiro atoms. The van der Waals surface area contributed by atoms with Crippen LogP contribution in [-0.4, -0.2) is 19.8 Å². The van der Waals surface area contributed by atoms with Gasteiger partial charge in [0.1, 0.15) is 0 Å². The molecule has 3 aromatic carbocycles. The lowest BCUT2D eigenvalue weighted by molar-refractivity contribution is 0.110. The van der Waals surface area contributed by atoms with Crippen LogP contribution in [0, 0.1) is 0 Å². The van der Waals surface area contributed by atoms with Gasteiger partial charge in [0.05, 0.1) is 19.8 Å². The van der Waals surface area contributed by atoms with Gasteiger partial charge in [-0.3, -0.25) is 13.6 Å². The molecule has 0 radical (unpaired) electrons. The Morgan fingerprint density at radius 2 is 0.905 bits per heavy atom. The third kappa shape index (κ3) is 11.1. The van der Waals surface area contributed by atoms with E-state index in [0.717, 1.165) is 51.4 Å². The number of phosphoric ester groups is 1. The predicted octanol–water partition coefficient (Wildman–Crippen LogP) is 10.4. The molecule has 0 saturated carbocycles. The fourth-order valence-electron chi connectivity index (χ4n) is 4.79. The van der Waals surface area contributed by atoms with E-state index in [2.05, 4.69) is 84.0 Å². The van der Waals surface area contributed by atoms with Gasteiger partial charge < -0.3 is 0 Å². The van der Waals surface area contributed by atoms with Crippen molar-refractivity contribution in [3.8, 4) is 0 Å². The average Bonchev–Trinajstić information content (AvgIpc) is 3.01. The van der Waals surface area contributed by atoms with Crippen molar-refractivity contribution in [2.75, 3.05) is 19.8 Å². The molecular formula is C37H53O4P. The molecule has 4 nitrogen and oxygen atoms in total. The summed E-state index contributed by atoms with van der Waals surface area (Å²) in [5, 5.41) is 0. The SMILES string of the molecule is CCC(C)(C)c1cc(CCCOP(=O)(OCCCc2ccccc2)OCCCc2ccccc2)cc(C(C)(C)CC)c1. The summed E-state index contributed by atoms with van der Waals surface area (Å²) in [6, 6.07) is 27.6. The van der Waals surface area contributed by atoms with Crippen molar-refractivity contribution in [1.29, 1.82) is 0 Å². The lowest BCUT2D eigenvalue weighted by Crippen LogP contribution is -2.20. The lowest BCUT2D eigenvalue weighted by atomic mass is 9.75. The molecule has 5 heteroatoms. The van der Waals surface area contributed by atoms with Crippen LogP contribution in [0.15, 0.2) is 78.9 Å². The first-order valence-electron chi connectivity index (χ1n) is 15.8. The number of hydrogen-bond donors (Lipinski definition) is 0. The monoisotopic (exact) mass is 592 g/mol. The molecule has 0 aliphatic rings. The summed E-state index contributed by atoms with van der Waals surface area (Å²) in [7, 11) is -3.67. The summed E-state index contributed by atoms with van der Waals surface area (Å²) in [5.74, 6) is 0. The van der Waals surface area contributed by atoms with Gasteiger partial charge in [0.2, 0.25) is 0 Å². The van der Waals surface area contributed by atoms with Gasteiger partial charge >= 0.3 is 7.82 Å². The second-order valence-electron chi connectivity index (χ2n) is 12.6. The number of benzene rings is 3. The number of aryl methyl sites for hydroxylation is 3. The molecule has 0 aliphatic carbocycles. The van der Waals surface area contributed by atoms with Crippen molar-refractivity contribution >= 4 is 7.82 Å². The normalized spacial score (nSPS) is 12.5. The highest BCUT2D eigenvalue weighted by molar-refractivity contribution is 7.48. The average molecular weight is 593 g/mol. The highest BCUT2D eigenvalue weighted by Crippen LogP contribution is 2.50. The van der Waals surface area contributed by atoms with E-state index in [1.54, 1.807) is 0 Å². The van der Waals surface area contributed by atoms with Crippen molar-refractivity contribution in [3.05, 3.63) is 107 Å². The number of hydrogen-bond acceptors (Lipinski definition) is 4. The van der Waals surface area contributed by atoms with E-state index in [1.807, 2.05) is 36.4 Å². The molecular weight excluding hydrogens is 539 g/mol. The van der Waals surface area contributed by atoms with Crippen LogP contribution < -0.4 is 0 Å². The highest BCUT2D eigenvalue weighted by atomic mass is 31.2. The molecule has 0 heterocycles. The molecule has 42 heavy (non-hydrogen) atoms. The van der Waals surface area contributed by atoms with Crippen LogP contribution in [-0.2, 0) is 48.2 Å². The standard InChI is InChI=1S/C37H53O4P/c1-7-36(3,4)34-28-33(29-35(30-34)37(5,6)8-2)24-17-27-41-42(38,39-25-15-22-31-18-11-9-12-19-31)40-26-16-23-32-20-13-10-14-21-32/h9-14,18-21,28-30H,7-8,15-17,22-27H2,1-6H3. The third-order valence-corrected chi connectivity index (χ3v) is 10.1. The summed E-state index contributed by atoms with van der Waals surface area (Å²) in [6.07, 6.45) is 6.97. The third-order valence-electron chi connectivity index (χ3n) is 8.59. The van der Waals surface area contributed by atoms with Crippen molar-refractivity contribution in [3.63, 3.8) is 0 Å². The predicted molar refractivity (Wildman–Crippen MR) is 176 cm³/mol. The quantitative estimate of drug-likeness (QED) is 0.103. The second-order valence-corrected chi connectivity index (χ2v) is 14.3. The summed E-state index contributed by atoms with van der Waals surface area (Å²) in [6.45, 7) is 14.8. The zero-order valence-electron chi connectivity index (χ0n) is 26.9. The van der Waals surface area contributed by atoms with Gasteiger partial charge in [0.25, 0.3) is 0 Å². The molecule has 0 N–H and O–H groups in total. The van der Waals surface area contributed by atoms with Crippen LogP contribution in [0.2, 0.25) is 0 Å². The van der Waals surface area contributed by atoms with Crippen LogP contribution in [0.3, 0.4) is 0 Å². The van der Waals surface area contributed by atoms with E-state index in [1.165, 1.54) is 27.8 Å². The summed E-state index contributed by atoms with van der Waals surface area (Å²) < 4.78 is 31.2. The van der Waals surface area contributed by atoms with Crippen molar-refractivity contribution < 1.29 is 18.1 Å². The summed E-state index contributed by atoms with van der Waals surface area (Å²) in [4.78, 5) is 0. The van der Waals surface area contributed by atoms with E-state index < -0.39 is 7.82 Å². The van der Waals surface area contributed by atoms with Gasteiger partial charge in [0.15, 0.2) is 0 Å². The maximum Gasteiger partial charge on any atom is 0.474 e. The minimum atomic E-state index is -3.67. The van der Waals surface area contributed by atoms with Crippen LogP contribution in [0.5, 0.6) is 0 Å². The molecule has 0 aromatic heterocycles. The molecule has 3 rings (SSSR count). The Kier molecular flexibility index (Phi) is 13.5. The lowest BCUT2D eigenvalue weighted by Gasteiger charge is -2.29. The van der Waals surface area contributed by atoms with E-state index in [0.29, 0.717) is 19.8 Å². The summed E-state index contributed by atoms with van der Waals surface area (Å²) >= 11 is 0. The molecule has 0 fully saturated rings. The van der Waals surface area contributed by atoms with Gasteiger partial charge in [-0.15, -0.1) is 0 Å². The Hall–Kier alpha value is -2.23. The smallest absolute Gasteiger partial charge is 0.287 e. The maximum absolute atomic E-state index is 13.6. The van der Waals surface area contributed by atoms with Crippen LogP contribution in [0.25, 0.3) is 0 Å². The molecule has 0 saturated heterocycles. The molecule has 0 atom stereocenters. The van der Waals surface area contributed by atoms with Crippen molar-refractivity contribution in [2.45, 2.75) is 104 Å². The zero-order chi connectivity index (χ0) is 30.5. The largest absolute Gasteiger partial charge is 0.474 e. The topological polar surface area (TPSA) is 44.8 Å². The fourth-order valence-corrected chi connectivity index (χ4v) is 6.07. The molecule has 230 valence electrons. The molecule has 0 aliphatic heterocycles. The number of phosphoric acid groups is 1. The first-order valence-corrected chi connectivity index (χ1v) is 17.3. The van der Waals surface area contributed by atoms with Crippen molar-refractivity contribution in [1.82, 2.24) is 0 Å². The van der Waals surface area contributed by atoms with Gasteiger partial charge in [-0.25, -0.2) is 4.57 Å². The Morgan fingerprint density at radius 1 is 0.548 bits per heavy atom. The zero-order valence-corrected chi connectivity index (χ0v) is 27.8. The Labute approximate surface area is 255 Å². The van der Waals surface area contributed by atoms with E-state index in [4.69, 9.17) is 13.6 Å².